The highest BCUT2D eigenvalue weighted by atomic mass is 16.7. The van der Waals surface area contributed by atoms with Gasteiger partial charge in [-0.1, -0.05) is 0 Å². The number of ether oxygens (including phenoxy) is 8. The van der Waals surface area contributed by atoms with Crippen molar-refractivity contribution in [1.82, 2.24) is 0 Å². The molecule has 7 aromatic rings. The maximum absolute atomic E-state index is 14.7. The van der Waals surface area contributed by atoms with Crippen LogP contribution in [0.3, 0.4) is 0 Å². The van der Waals surface area contributed by atoms with Gasteiger partial charge < -0.3 is 135 Å². The van der Waals surface area contributed by atoms with Gasteiger partial charge in [-0.25, -0.2) is 33.6 Å². The maximum atomic E-state index is 14.7. The number of benzene rings is 7. The van der Waals surface area contributed by atoms with E-state index in [9.17, 15) is 131 Å². The van der Waals surface area contributed by atoms with Crippen LogP contribution in [-0.2, 0) is 28.4 Å². The number of esters is 7. The van der Waals surface area contributed by atoms with E-state index >= 15 is 0 Å². The first-order valence-electron chi connectivity index (χ1n) is 24.3. The lowest BCUT2D eigenvalue weighted by atomic mass is 9.97. The number of carbonyl (C=O) groups excluding carboxylic acids is 7. The van der Waals surface area contributed by atoms with Crippen molar-refractivity contribution < 1.29 is 168 Å². The second-order valence-corrected chi connectivity index (χ2v) is 18.4. The van der Waals surface area contributed by atoms with Crippen molar-refractivity contribution in [3.63, 3.8) is 0 Å². The summed E-state index contributed by atoms with van der Waals surface area (Å²) in [7, 11) is 0. The Morgan fingerprint density at radius 2 is 0.517 bits per heavy atom. The summed E-state index contributed by atoms with van der Waals surface area (Å²) in [5.41, 5.74) is -6.13. The number of aromatic hydroxyl groups is 19. The van der Waals surface area contributed by atoms with Crippen LogP contribution in [0.15, 0.2) is 84.9 Å². The standard InChI is InChI=1S/C55H40O34/c56-23-1-16(2-24(57)38(23)68)48(75)82-15-37-45(86-52(79)21-11-33(66)43(73)35(13-21)83-49(76)17-3-25(58)39(69)26(59)4-17)46(87-53(80)22-12-34(67)44(74)36(14-22)84-50(77)18-5-27(60)40(70)28(61)6-18)47(88-51(78)19-7-29(62)41(71)30(63)8-19)55(85-37)89-54(81)20-9-31(64)42(72)32(65)10-20/h1-14,37,45-47,55-74H,15H2/t37-,45+,46+,47-,55+/m0/s1. The van der Waals surface area contributed by atoms with Gasteiger partial charge in [-0.2, -0.15) is 0 Å². The average Bonchev–Trinajstić information content (AvgIpc) is 0.926. The molecule has 0 radical (unpaired) electrons. The van der Waals surface area contributed by atoms with Crippen LogP contribution in [0.5, 0.6) is 121 Å². The molecular formula is C55H40O34. The summed E-state index contributed by atoms with van der Waals surface area (Å²) >= 11 is 0. The van der Waals surface area contributed by atoms with E-state index in [1.165, 1.54) is 0 Å². The highest BCUT2D eigenvalue weighted by Gasteiger charge is 2.55. The second kappa shape index (κ2) is 24.3. The summed E-state index contributed by atoms with van der Waals surface area (Å²) in [6, 6.07) is 7.00. The van der Waals surface area contributed by atoms with E-state index in [4.69, 9.17) is 37.9 Å². The Bertz CT molecular complexity index is 3980. The summed E-state index contributed by atoms with van der Waals surface area (Å²) in [6.45, 7) is -1.43. The topological polar surface area (TPSA) is 578 Å². The number of rotatable bonds is 15. The highest BCUT2D eigenvalue weighted by Crippen LogP contribution is 2.44. The van der Waals surface area contributed by atoms with Crippen molar-refractivity contribution in [2.24, 2.45) is 0 Å². The van der Waals surface area contributed by atoms with Gasteiger partial charge in [-0.3, -0.25) is 0 Å². The van der Waals surface area contributed by atoms with Gasteiger partial charge in [-0.15, -0.1) is 0 Å². The third-order valence-corrected chi connectivity index (χ3v) is 12.4. The average molecular weight is 1240 g/mol. The zero-order chi connectivity index (χ0) is 65.4. The fraction of sp³-hybridized carbons (Fsp3) is 0.109. The van der Waals surface area contributed by atoms with Crippen LogP contribution in [0.1, 0.15) is 72.5 Å². The number of phenolic OH excluding ortho intramolecular Hbond substituents is 19. The predicted octanol–water partition coefficient (Wildman–Crippen LogP) is 2.95. The van der Waals surface area contributed by atoms with Crippen LogP contribution in [0.4, 0.5) is 0 Å². The van der Waals surface area contributed by atoms with Crippen LogP contribution >= 0.6 is 0 Å². The molecule has 34 nitrogen and oxygen atoms in total. The largest absolute Gasteiger partial charge is 0.504 e. The van der Waals surface area contributed by atoms with Crippen molar-refractivity contribution in [2.45, 2.75) is 30.7 Å². The fourth-order valence-electron chi connectivity index (χ4n) is 8.00. The SMILES string of the molecule is O=C(OC[C@@H]1O[C@H](OC(=O)c2cc(O)c(O)c(O)c2)[C@@H](OC(=O)c2cc(O)c(O)c(O)c2)[C@H](OC(=O)c2cc(O)c(O)c(OC(=O)c3cc(O)c(O)c(O)c3)c2)[C@@H]1OC(=O)c1cc(O)c(O)c(OC(=O)c2cc(O)c(O)c(O)c2)c1)c1cc(O)c(O)c(O)c1. The van der Waals surface area contributed by atoms with Gasteiger partial charge >= 0.3 is 41.8 Å². The molecule has 8 rings (SSSR count). The Morgan fingerprint density at radius 1 is 0.281 bits per heavy atom. The number of phenols is 19. The molecule has 0 aromatic heterocycles. The minimum Gasteiger partial charge on any atom is -0.504 e. The molecule has 34 heteroatoms. The first-order valence-corrected chi connectivity index (χ1v) is 24.3. The first kappa shape index (κ1) is 62.0. The van der Waals surface area contributed by atoms with E-state index < -0.39 is 239 Å². The molecule has 0 saturated carbocycles. The summed E-state index contributed by atoms with van der Waals surface area (Å²) in [5, 5.41) is 194. The maximum Gasteiger partial charge on any atom is 0.343 e. The molecular weight excluding hydrogens is 1200 g/mol. The van der Waals surface area contributed by atoms with Crippen LogP contribution in [0.2, 0.25) is 0 Å². The second-order valence-electron chi connectivity index (χ2n) is 18.4. The Hall–Kier alpha value is -13.0. The van der Waals surface area contributed by atoms with Crippen LogP contribution in [0, 0.1) is 0 Å². The van der Waals surface area contributed by atoms with Crippen LogP contribution < -0.4 is 9.47 Å². The van der Waals surface area contributed by atoms with Crippen molar-refractivity contribution in [3.8, 4) is 121 Å². The minimum atomic E-state index is -2.80. The van der Waals surface area contributed by atoms with Gasteiger partial charge in [0.25, 0.3) is 0 Å². The Balaban J connectivity index is 1.29. The van der Waals surface area contributed by atoms with Crippen molar-refractivity contribution in [2.75, 3.05) is 6.61 Å². The molecule has 5 atom stereocenters. The molecule has 0 spiro atoms. The van der Waals surface area contributed by atoms with Gasteiger partial charge in [0.15, 0.2) is 121 Å². The monoisotopic (exact) mass is 1240 g/mol. The quantitative estimate of drug-likeness (QED) is 0.0304. The number of hydrogen-bond donors (Lipinski definition) is 19. The molecule has 1 aliphatic heterocycles. The molecule has 1 heterocycles. The minimum absolute atomic E-state index is 0.405. The van der Waals surface area contributed by atoms with Gasteiger partial charge in [0.2, 0.25) is 23.9 Å². The van der Waals surface area contributed by atoms with E-state index in [0.29, 0.717) is 84.9 Å². The van der Waals surface area contributed by atoms with E-state index in [2.05, 4.69) is 0 Å². The van der Waals surface area contributed by atoms with Gasteiger partial charge in [0.05, 0.1) is 38.9 Å². The van der Waals surface area contributed by atoms with Crippen LogP contribution in [0.25, 0.3) is 0 Å². The Morgan fingerprint density at radius 3 is 0.831 bits per heavy atom. The zero-order valence-electron chi connectivity index (χ0n) is 43.8. The molecule has 0 unspecified atom stereocenters. The highest BCUT2D eigenvalue weighted by molar-refractivity contribution is 5.97. The molecule has 464 valence electrons. The smallest absolute Gasteiger partial charge is 0.343 e. The Kier molecular flexibility index (Phi) is 16.9. The van der Waals surface area contributed by atoms with Crippen molar-refractivity contribution in [3.05, 3.63) is 124 Å². The molecule has 0 amide bonds. The van der Waals surface area contributed by atoms with Crippen molar-refractivity contribution >= 4 is 41.8 Å². The van der Waals surface area contributed by atoms with Gasteiger partial charge in [0, 0.05) is 0 Å². The fourth-order valence-corrected chi connectivity index (χ4v) is 8.00. The predicted molar refractivity (Wildman–Crippen MR) is 279 cm³/mol. The summed E-state index contributed by atoms with van der Waals surface area (Å²) in [6.07, 6.45) is -13.4. The number of hydrogen-bond acceptors (Lipinski definition) is 34. The molecule has 1 aliphatic rings. The summed E-state index contributed by atoms with van der Waals surface area (Å²) in [5.74, 6) is -36.5. The van der Waals surface area contributed by atoms with Crippen LogP contribution in [-0.4, -0.2) is 176 Å². The third kappa shape index (κ3) is 12.9. The third-order valence-electron chi connectivity index (χ3n) is 12.4. The first-order chi connectivity index (χ1) is 41.8. The molecule has 1 saturated heterocycles. The van der Waals surface area contributed by atoms with E-state index in [1.54, 1.807) is 0 Å². The zero-order valence-corrected chi connectivity index (χ0v) is 43.8. The molecule has 0 bridgehead atoms. The Labute approximate surface area is 491 Å². The number of carbonyl (C=O) groups is 7. The normalized spacial score (nSPS) is 16.0. The molecule has 1 fully saturated rings. The molecule has 7 aromatic carbocycles. The lowest BCUT2D eigenvalue weighted by Gasteiger charge is -2.43. The summed E-state index contributed by atoms with van der Waals surface area (Å²) in [4.78, 5) is 97.6. The van der Waals surface area contributed by atoms with Gasteiger partial charge in [-0.05, 0) is 84.9 Å². The molecule has 0 aliphatic carbocycles. The molecule has 89 heavy (non-hydrogen) atoms. The van der Waals surface area contributed by atoms with Crippen molar-refractivity contribution in [1.29, 1.82) is 0 Å². The summed E-state index contributed by atoms with van der Waals surface area (Å²) < 4.78 is 44.0. The van der Waals surface area contributed by atoms with Gasteiger partial charge in [0.1, 0.15) is 12.7 Å². The van der Waals surface area contributed by atoms with E-state index in [-0.39, 0.29) is 0 Å². The lowest BCUT2D eigenvalue weighted by Crippen LogP contribution is -2.63. The molecule has 19 N–H and O–H groups in total. The van der Waals surface area contributed by atoms with E-state index in [0.717, 1.165) is 0 Å². The lowest BCUT2D eigenvalue weighted by molar-refractivity contribution is -0.282. The van der Waals surface area contributed by atoms with E-state index in [1.807, 2.05) is 0 Å².